The molecule has 2 aromatic rings. The van der Waals surface area contributed by atoms with Crippen LogP contribution >= 0.6 is 11.3 Å². The van der Waals surface area contributed by atoms with Crippen LogP contribution < -0.4 is 4.90 Å². The molecule has 88 valence electrons. The molecule has 0 saturated carbocycles. The van der Waals surface area contributed by atoms with E-state index >= 15 is 0 Å². The van der Waals surface area contributed by atoms with Crippen LogP contribution in [0.5, 0.6) is 0 Å². The van der Waals surface area contributed by atoms with Gasteiger partial charge in [0.15, 0.2) is 5.82 Å². The Hall–Kier alpha value is -1.46. The van der Waals surface area contributed by atoms with Gasteiger partial charge in [-0.05, 0) is 23.9 Å². The molecule has 1 N–H and O–H groups in total. The van der Waals surface area contributed by atoms with E-state index in [1.165, 1.54) is 0 Å². The minimum atomic E-state index is -0.227. The molecular formula is C12H13N3OS. The third-order valence-corrected chi connectivity index (χ3v) is 3.59. The highest BCUT2D eigenvalue weighted by Gasteiger charge is 2.21. The maximum absolute atomic E-state index is 9.53. The van der Waals surface area contributed by atoms with E-state index in [1.807, 2.05) is 22.9 Å². The highest BCUT2D eigenvalue weighted by Crippen LogP contribution is 2.22. The van der Waals surface area contributed by atoms with Gasteiger partial charge in [0.25, 0.3) is 0 Å². The molecule has 1 saturated heterocycles. The van der Waals surface area contributed by atoms with Crippen molar-refractivity contribution in [3.8, 4) is 11.4 Å². The number of hydrogen-bond donors (Lipinski definition) is 1. The zero-order valence-corrected chi connectivity index (χ0v) is 10.1. The van der Waals surface area contributed by atoms with Crippen molar-refractivity contribution >= 4 is 17.2 Å². The van der Waals surface area contributed by atoms with E-state index < -0.39 is 0 Å². The van der Waals surface area contributed by atoms with Gasteiger partial charge in [-0.3, -0.25) is 0 Å². The van der Waals surface area contributed by atoms with Gasteiger partial charge in [-0.2, -0.15) is 11.3 Å². The maximum Gasteiger partial charge on any atom is 0.162 e. The fourth-order valence-electron chi connectivity index (χ4n) is 2.01. The zero-order chi connectivity index (χ0) is 11.7. The zero-order valence-electron chi connectivity index (χ0n) is 9.28. The fourth-order valence-corrected chi connectivity index (χ4v) is 2.64. The lowest BCUT2D eigenvalue weighted by molar-refractivity contribution is 0.198. The highest BCUT2D eigenvalue weighted by atomic mass is 32.1. The van der Waals surface area contributed by atoms with Gasteiger partial charge in [-0.1, -0.05) is 0 Å². The molecule has 1 fully saturated rings. The predicted molar refractivity (Wildman–Crippen MR) is 68.2 cm³/mol. The van der Waals surface area contributed by atoms with E-state index in [0.717, 1.165) is 30.2 Å². The Labute approximate surface area is 104 Å². The fraction of sp³-hybridized carbons (Fsp3) is 0.333. The number of thiophene rings is 1. The first kappa shape index (κ1) is 10.7. The Morgan fingerprint density at radius 1 is 1.41 bits per heavy atom. The summed E-state index contributed by atoms with van der Waals surface area (Å²) in [7, 11) is 0. The largest absolute Gasteiger partial charge is 0.391 e. The van der Waals surface area contributed by atoms with Crippen LogP contribution in [0.2, 0.25) is 0 Å². The number of rotatable bonds is 2. The molecule has 4 nitrogen and oxygen atoms in total. The average Bonchev–Trinajstić information content (AvgIpc) is 3.00. The number of nitrogens with zero attached hydrogens (tertiary/aromatic N) is 3. The lowest BCUT2D eigenvalue weighted by atomic mass is 10.3. The Morgan fingerprint density at radius 3 is 3.06 bits per heavy atom. The second-order valence-electron chi connectivity index (χ2n) is 4.14. The molecule has 0 aliphatic carbocycles. The number of aromatic nitrogens is 2. The van der Waals surface area contributed by atoms with Crippen LogP contribution in [-0.2, 0) is 0 Å². The Kier molecular flexibility index (Phi) is 2.78. The van der Waals surface area contributed by atoms with Gasteiger partial charge in [0.1, 0.15) is 5.82 Å². The third-order valence-electron chi connectivity index (χ3n) is 2.91. The van der Waals surface area contributed by atoms with Crippen molar-refractivity contribution in [1.29, 1.82) is 0 Å². The van der Waals surface area contributed by atoms with E-state index in [9.17, 15) is 5.11 Å². The van der Waals surface area contributed by atoms with Gasteiger partial charge in [0.05, 0.1) is 6.10 Å². The lowest BCUT2D eigenvalue weighted by Crippen LogP contribution is -2.22. The molecule has 1 atom stereocenters. The number of anilines is 1. The summed E-state index contributed by atoms with van der Waals surface area (Å²) in [6.07, 6.45) is 2.37. The normalized spacial score (nSPS) is 19.8. The van der Waals surface area contributed by atoms with Gasteiger partial charge in [-0.15, -0.1) is 0 Å². The first-order valence-electron chi connectivity index (χ1n) is 5.61. The van der Waals surface area contributed by atoms with Crippen molar-refractivity contribution in [3.05, 3.63) is 29.1 Å². The Morgan fingerprint density at radius 2 is 2.35 bits per heavy atom. The molecule has 5 heteroatoms. The molecule has 0 radical (unpaired) electrons. The number of hydrogen-bond acceptors (Lipinski definition) is 5. The summed E-state index contributed by atoms with van der Waals surface area (Å²) in [4.78, 5) is 10.9. The third kappa shape index (κ3) is 2.16. The summed E-state index contributed by atoms with van der Waals surface area (Å²) < 4.78 is 0. The second-order valence-corrected chi connectivity index (χ2v) is 4.92. The van der Waals surface area contributed by atoms with E-state index in [4.69, 9.17) is 0 Å². The van der Waals surface area contributed by atoms with Crippen LogP contribution in [-0.4, -0.2) is 34.3 Å². The molecule has 0 unspecified atom stereocenters. The molecule has 3 rings (SSSR count). The quantitative estimate of drug-likeness (QED) is 0.878. The van der Waals surface area contributed by atoms with Crippen LogP contribution in [0.1, 0.15) is 6.42 Å². The molecule has 17 heavy (non-hydrogen) atoms. The molecule has 0 aromatic carbocycles. The summed E-state index contributed by atoms with van der Waals surface area (Å²) in [5.41, 5.74) is 1.05. The average molecular weight is 247 g/mol. The van der Waals surface area contributed by atoms with Crippen molar-refractivity contribution in [2.75, 3.05) is 18.0 Å². The first-order valence-corrected chi connectivity index (χ1v) is 6.56. The summed E-state index contributed by atoms with van der Waals surface area (Å²) in [6.45, 7) is 1.53. The minimum absolute atomic E-state index is 0.227. The van der Waals surface area contributed by atoms with Gasteiger partial charge < -0.3 is 10.0 Å². The Balaban J connectivity index is 1.89. The monoisotopic (exact) mass is 247 g/mol. The molecule has 0 bridgehead atoms. The number of aliphatic hydroxyl groups is 1. The van der Waals surface area contributed by atoms with Crippen molar-refractivity contribution in [2.24, 2.45) is 0 Å². The SMILES string of the molecule is O[C@H]1CCN(c2ccnc(-c3ccsc3)n2)C1. The molecular weight excluding hydrogens is 234 g/mol. The predicted octanol–water partition coefficient (Wildman–Crippen LogP) is 1.78. The molecule has 1 aliphatic rings. The molecule has 3 heterocycles. The molecule has 2 aromatic heterocycles. The minimum Gasteiger partial charge on any atom is -0.391 e. The van der Waals surface area contributed by atoms with Crippen LogP contribution in [0.4, 0.5) is 5.82 Å². The standard InChI is InChI=1S/C12H13N3OS/c16-10-2-5-15(7-10)11-1-4-13-12(14-11)9-3-6-17-8-9/h1,3-4,6,8,10,16H,2,5,7H2/t10-/m0/s1. The maximum atomic E-state index is 9.53. The number of aliphatic hydroxyl groups excluding tert-OH is 1. The molecule has 0 amide bonds. The molecule has 0 spiro atoms. The summed E-state index contributed by atoms with van der Waals surface area (Å²) >= 11 is 1.64. The van der Waals surface area contributed by atoms with Crippen LogP contribution in [0.3, 0.4) is 0 Å². The van der Waals surface area contributed by atoms with Crippen LogP contribution in [0.15, 0.2) is 29.1 Å². The highest BCUT2D eigenvalue weighted by molar-refractivity contribution is 7.08. The van der Waals surface area contributed by atoms with Crippen LogP contribution in [0.25, 0.3) is 11.4 Å². The van der Waals surface area contributed by atoms with E-state index in [0.29, 0.717) is 6.54 Å². The van der Waals surface area contributed by atoms with E-state index in [1.54, 1.807) is 17.5 Å². The van der Waals surface area contributed by atoms with Crippen molar-refractivity contribution in [2.45, 2.75) is 12.5 Å². The summed E-state index contributed by atoms with van der Waals surface area (Å²) in [5, 5.41) is 13.6. The van der Waals surface area contributed by atoms with E-state index in [2.05, 4.69) is 14.9 Å². The molecule has 1 aliphatic heterocycles. The topological polar surface area (TPSA) is 49.2 Å². The number of β-amino-alcohol motifs (C(OH)–C–C–N with tert-alkyl or cyclic N) is 1. The van der Waals surface area contributed by atoms with Gasteiger partial charge in [-0.25, -0.2) is 9.97 Å². The van der Waals surface area contributed by atoms with Gasteiger partial charge >= 0.3 is 0 Å². The summed E-state index contributed by atoms with van der Waals surface area (Å²) in [6, 6.07) is 3.91. The Bertz CT molecular complexity index is 500. The van der Waals surface area contributed by atoms with E-state index in [-0.39, 0.29) is 6.10 Å². The van der Waals surface area contributed by atoms with Crippen molar-refractivity contribution < 1.29 is 5.11 Å². The van der Waals surface area contributed by atoms with Gasteiger partial charge in [0.2, 0.25) is 0 Å². The lowest BCUT2D eigenvalue weighted by Gasteiger charge is -2.16. The van der Waals surface area contributed by atoms with Crippen LogP contribution in [0, 0.1) is 0 Å². The van der Waals surface area contributed by atoms with Gasteiger partial charge in [0, 0.05) is 30.2 Å². The van der Waals surface area contributed by atoms with Crippen molar-refractivity contribution in [1.82, 2.24) is 9.97 Å². The van der Waals surface area contributed by atoms with Crippen molar-refractivity contribution in [3.63, 3.8) is 0 Å². The first-order chi connectivity index (χ1) is 8.33. The smallest absolute Gasteiger partial charge is 0.162 e. The second kappa shape index (κ2) is 4.43. The summed E-state index contributed by atoms with van der Waals surface area (Å²) in [5.74, 6) is 1.66.